The van der Waals surface area contributed by atoms with E-state index in [-0.39, 0.29) is 0 Å². The Hall–Kier alpha value is -0.310. The highest BCUT2D eigenvalue weighted by molar-refractivity contribution is 7.80. The Kier molecular flexibility index (Phi) is 3.26. The zero-order valence-electron chi connectivity index (χ0n) is 8.88. The SMILES string of the molecule is CC1CC1CNC(=S)NC1CCCC1. The Morgan fingerprint density at radius 1 is 1.36 bits per heavy atom. The van der Waals surface area contributed by atoms with Crippen LogP contribution in [0.5, 0.6) is 0 Å². The van der Waals surface area contributed by atoms with Gasteiger partial charge < -0.3 is 10.6 Å². The fraction of sp³-hybridized carbons (Fsp3) is 0.909. The molecule has 0 saturated heterocycles. The van der Waals surface area contributed by atoms with E-state index in [9.17, 15) is 0 Å². The summed E-state index contributed by atoms with van der Waals surface area (Å²) in [5, 5.41) is 7.59. The van der Waals surface area contributed by atoms with Crippen molar-refractivity contribution in [2.24, 2.45) is 11.8 Å². The molecule has 0 bridgehead atoms. The quantitative estimate of drug-likeness (QED) is 0.700. The van der Waals surface area contributed by atoms with Crippen LogP contribution in [0.1, 0.15) is 39.0 Å². The van der Waals surface area contributed by atoms with E-state index in [0.29, 0.717) is 6.04 Å². The maximum atomic E-state index is 5.25. The third-order valence-electron chi connectivity index (χ3n) is 3.49. The van der Waals surface area contributed by atoms with Crippen molar-refractivity contribution in [2.75, 3.05) is 6.54 Å². The Morgan fingerprint density at radius 2 is 2.00 bits per heavy atom. The molecule has 0 aromatic rings. The molecule has 2 fully saturated rings. The molecule has 0 heterocycles. The second kappa shape index (κ2) is 4.47. The molecule has 2 atom stereocenters. The van der Waals surface area contributed by atoms with Gasteiger partial charge in [-0.05, 0) is 43.3 Å². The minimum Gasteiger partial charge on any atom is -0.362 e. The molecule has 0 amide bonds. The van der Waals surface area contributed by atoms with E-state index in [1.165, 1.54) is 32.1 Å². The second-order valence-electron chi connectivity index (χ2n) is 4.81. The van der Waals surface area contributed by atoms with E-state index in [2.05, 4.69) is 17.6 Å². The highest BCUT2D eigenvalue weighted by Crippen LogP contribution is 2.36. The van der Waals surface area contributed by atoms with Gasteiger partial charge in [0.2, 0.25) is 0 Å². The summed E-state index contributed by atoms with van der Waals surface area (Å²) >= 11 is 5.25. The standard InChI is InChI=1S/C11H20N2S/c1-8-6-9(8)7-12-11(14)13-10-4-2-3-5-10/h8-10H,2-7H2,1H3,(H2,12,13,14). The molecule has 0 radical (unpaired) electrons. The van der Waals surface area contributed by atoms with Crippen LogP contribution in [0.2, 0.25) is 0 Å². The van der Waals surface area contributed by atoms with Crippen molar-refractivity contribution in [3.05, 3.63) is 0 Å². The van der Waals surface area contributed by atoms with Crippen molar-refractivity contribution < 1.29 is 0 Å². The third-order valence-corrected chi connectivity index (χ3v) is 3.75. The summed E-state index contributed by atoms with van der Waals surface area (Å²) < 4.78 is 0. The molecule has 3 heteroatoms. The molecule has 0 aromatic heterocycles. The lowest BCUT2D eigenvalue weighted by atomic mass is 10.2. The molecule has 0 aromatic carbocycles. The van der Waals surface area contributed by atoms with Gasteiger partial charge in [-0.2, -0.15) is 0 Å². The normalized spacial score (nSPS) is 31.5. The molecule has 2 aliphatic rings. The van der Waals surface area contributed by atoms with Crippen molar-refractivity contribution in [3.63, 3.8) is 0 Å². The minimum atomic E-state index is 0.645. The Labute approximate surface area is 91.8 Å². The summed E-state index contributed by atoms with van der Waals surface area (Å²) in [6.45, 7) is 3.37. The average molecular weight is 212 g/mol. The molecule has 0 spiro atoms. The maximum absolute atomic E-state index is 5.25. The van der Waals surface area contributed by atoms with Gasteiger partial charge in [-0.15, -0.1) is 0 Å². The first-order valence-electron chi connectivity index (χ1n) is 5.80. The van der Waals surface area contributed by atoms with E-state index in [0.717, 1.165) is 23.5 Å². The highest BCUT2D eigenvalue weighted by Gasteiger charge is 2.32. The van der Waals surface area contributed by atoms with Crippen molar-refractivity contribution in [2.45, 2.75) is 45.1 Å². The van der Waals surface area contributed by atoms with Gasteiger partial charge in [-0.3, -0.25) is 0 Å². The van der Waals surface area contributed by atoms with Crippen LogP contribution < -0.4 is 10.6 Å². The molecule has 2 unspecified atom stereocenters. The second-order valence-corrected chi connectivity index (χ2v) is 5.22. The summed E-state index contributed by atoms with van der Waals surface area (Å²) in [5.41, 5.74) is 0. The number of thiocarbonyl (C=S) groups is 1. The zero-order chi connectivity index (χ0) is 9.97. The Bertz CT molecular complexity index is 211. The van der Waals surface area contributed by atoms with E-state index >= 15 is 0 Å². The fourth-order valence-electron chi connectivity index (χ4n) is 2.21. The average Bonchev–Trinajstić information content (AvgIpc) is 2.65. The molecule has 0 aliphatic heterocycles. The van der Waals surface area contributed by atoms with E-state index in [1.54, 1.807) is 0 Å². The topological polar surface area (TPSA) is 24.1 Å². The summed E-state index contributed by atoms with van der Waals surface area (Å²) in [5.74, 6) is 1.79. The van der Waals surface area contributed by atoms with E-state index < -0.39 is 0 Å². The van der Waals surface area contributed by atoms with Gasteiger partial charge in [0, 0.05) is 12.6 Å². The first kappa shape index (κ1) is 10.2. The lowest BCUT2D eigenvalue weighted by Crippen LogP contribution is -2.41. The van der Waals surface area contributed by atoms with Gasteiger partial charge in [-0.25, -0.2) is 0 Å². The fourth-order valence-corrected chi connectivity index (χ4v) is 2.46. The summed E-state index contributed by atoms with van der Waals surface area (Å²) in [4.78, 5) is 0. The van der Waals surface area contributed by atoms with Crippen LogP contribution in [0.3, 0.4) is 0 Å². The van der Waals surface area contributed by atoms with Crippen LogP contribution in [0.15, 0.2) is 0 Å². The van der Waals surface area contributed by atoms with Crippen molar-refractivity contribution in [1.82, 2.24) is 10.6 Å². The number of nitrogens with one attached hydrogen (secondary N) is 2. The van der Waals surface area contributed by atoms with Gasteiger partial charge in [0.1, 0.15) is 0 Å². The summed E-state index contributed by atoms with van der Waals surface area (Å²) in [7, 11) is 0. The molecule has 2 aliphatic carbocycles. The van der Waals surface area contributed by atoms with Gasteiger partial charge in [0.05, 0.1) is 0 Å². The molecule has 2 rings (SSSR count). The van der Waals surface area contributed by atoms with Crippen LogP contribution in [-0.4, -0.2) is 17.7 Å². The smallest absolute Gasteiger partial charge is 0.166 e. The van der Waals surface area contributed by atoms with Crippen LogP contribution in [0.25, 0.3) is 0 Å². The van der Waals surface area contributed by atoms with E-state index in [4.69, 9.17) is 12.2 Å². The highest BCUT2D eigenvalue weighted by atomic mass is 32.1. The third kappa shape index (κ3) is 2.84. The predicted octanol–water partition coefficient (Wildman–Crippen LogP) is 2.05. The predicted molar refractivity (Wildman–Crippen MR) is 63.3 cm³/mol. The zero-order valence-corrected chi connectivity index (χ0v) is 9.70. The van der Waals surface area contributed by atoms with Crippen molar-refractivity contribution in [3.8, 4) is 0 Å². The van der Waals surface area contributed by atoms with Gasteiger partial charge in [0.25, 0.3) is 0 Å². The number of hydrogen-bond acceptors (Lipinski definition) is 1. The molecular weight excluding hydrogens is 192 g/mol. The van der Waals surface area contributed by atoms with Crippen LogP contribution >= 0.6 is 12.2 Å². The first-order valence-corrected chi connectivity index (χ1v) is 6.21. The maximum Gasteiger partial charge on any atom is 0.166 e. The minimum absolute atomic E-state index is 0.645. The molecular formula is C11H20N2S. The summed E-state index contributed by atoms with van der Waals surface area (Å²) in [6.07, 6.45) is 6.68. The van der Waals surface area contributed by atoms with Gasteiger partial charge in [-0.1, -0.05) is 19.8 Å². The summed E-state index contributed by atoms with van der Waals surface area (Å²) in [6, 6.07) is 0.645. The Morgan fingerprint density at radius 3 is 2.57 bits per heavy atom. The van der Waals surface area contributed by atoms with E-state index in [1.807, 2.05) is 0 Å². The van der Waals surface area contributed by atoms with Gasteiger partial charge >= 0.3 is 0 Å². The molecule has 2 nitrogen and oxygen atoms in total. The van der Waals surface area contributed by atoms with Crippen LogP contribution in [-0.2, 0) is 0 Å². The molecule has 14 heavy (non-hydrogen) atoms. The monoisotopic (exact) mass is 212 g/mol. The number of rotatable bonds is 3. The van der Waals surface area contributed by atoms with Gasteiger partial charge in [0.15, 0.2) is 5.11 Å². The number of hydrogen-bond donors (Lipinski definition) is 2. The van der Waals surface area contributed by atoms with Crippen molar-refractivity contribution >= 4 is 17.3 Å². The largest absolute Gasteiger partial charge is 0.362 e. The molecule has 80 valence electrons. The molecule has 2 saturated carbocycles. The molecule has 2 N–H and O–H groups in total. The lowest BCUT2D eigenvalue weighted by molar-refractivity contribution is 0.613. The van der Waals surface area contributed by atoms with Crippen LogP contribution in [0, 0.1) is 11.8 Å². The van der Waals surface area contributed by atoms with Crippen molar-refractivity contribution in [1.29, 1.82) is 0 Å². The lowest BCUT2D eigenvalue weighted by Gasteiger charge is -2.15. The Balaban J connectivity index is 1.58. The first-order chi connectivity index (χ1) is 6.75. The van der Waals surface area contributed by atoms with Crippen LogP contribution in [0.4, 0.5) is 0 Å².